The highest BCUT2D eigenvalue weighted by Crippen LogP contribution is 2.27. The van der Waals surface area contributed by atoms with Gasteiger partial charge in [0, 0.05) is 24.2 Å². The number of anilines is 1. The summed E-state index contributed by atoms with van der Waals surface area (Å²) >= 11 is 0. The Kier molecular flexibility index (Phi) is 12.0. The summed E-state index contributed by atoms with van der Waals surface area (Å²) in [6.45, 7) is 6.53. The number of benzene rings is 2. The third kappa shape index (κ3) is 9.25. The molecule has 0 spiro atoms. The van der Waals surface area contributed by atoms with Crippen molar-refractivity contribution in [2.24, 2.45) is 11.8 Å². The average molecular weight is 637 g/mol. The molecule has 1 aliphatic rings. The van der Waals surface area contributed by atoms with Gasteiger partial charge in [0.25, 0.3) is 0 Å². The van der Waals surface area contributed by atoms with Gasteiger partial charge in [-0.1, -0.05) is 45.9 Å². The van der Waals surface area contributed by atoms with Crippen molar-refractivity contribution in [3.05, 3.63) is 59.2 Å². The molecule has 14 heteroatoms. The number of halogens is 4. The van der Waals surface area contributed by atoms with Crippen LogP contribution < -0.4 is 26.0 Å². The van der Waals surface area contributed by atoms with E-state index in [0.29, 0.717) is 18.7 Å². The van der Waals surface area contributed by atoms with Crippen molar-refractivity contribution < 1.29 is 46.3 Å². The van der Waals surface area contributed by atoms with Gasteiger partial charge in [-0.2, -0.15) is 8.78 Å². The Labute approximate surface area is 257 Å². The Balaban J connectivity index is 1.77. The molecule has 1 aliphatic heterocycles. The van der Waals surface area contributed by atoms with E-state index in [0.717, 1.165) is 5.56 Å². The molecular weight excluding hydrogens is 600 g/mol. The van der Waals surface area contributed by atoms with Crippen LogP contribution in [0.25, 0.3) is 0 Å². The second-order valence-electron chi connectivity index (χ2n) is 11.5. The summed E-state index contributed by atoms with van der Waals surface area (Å²) in [4.78, 5) is 64.4. The molecule has 4 amide bonds. The molecule has 2 aromatic rings. The Hall–Kier alpha value is -4.49. The highest BCUT2D eigenvalue weighted by atomic mass is 19.2. The lowest BCUT2D eigenvalue weighted by Crippen LogP contribution is -2.54. The van der Waals surface area contributed by atoms with Gasteiger partial charge in [-0.05, 0) is 42.7 Å². The summed E-state index contributed by atoms with van der Waals surface area (Å²) in [7, 11) is 0. The minimum absolute atomic E-state index is 0.0202. The summed E-state index contributed by atoms with van der Waals surface area (Å²) in [5.74, 6) is -13.9. The van der Waals surface area contributed by atoms with Gasteiger partial charge in [-0.25, -0.2) is 8.78 Å². The minimum atomic E-state index is -1.86. The number of rotatable bonds is 13. The SMILES string of the molecule is CC(C)C[C@H](NC(=O)C(=O)Nc1ccccc1C(C)C)C(=O)NC(C[C@@H]1CCNC1=O)C(=O)COc1c(F)c(F)cc(F)c1F. The average Bonchev–Trinajstić information content (AvgIpc) is 3.38. The lowest BCUT2D eigenvalue weighted by Gasteiger charge is -2.25. The first-order valence-corrected chi connectivity index (χ1v) is 14.5. The Morgan fingerprint density at radius 2 is 1.58 bits per heavy atom. The molecule has 0 bridgehead atoms. The van der Waals surface area contributed by atoms with E-state index in [1.165, 1.54) is 0 Å². The highest BCUT2D eigenvalue weighted by molar-refractivity contribution is 6.40. The van der Waals surface area contributed by atoms with Crippen LogP contribution in [0.15, 0.2) is 30.3 Å². The van der Waals surface area contributed by atoms with E-state index in [4.69, 9.17) is 4.74 Å². The molecule has 1 heterocycles. The van der Waals surface area contributed by atoms with Gasteiger partial charge >= 0.3 is 11.8 Å². The Morgan fingerprint density at radius 1 is 0.933 bits per heavy atom. The fourth-order valence-corrected chi connectivity index (χ4v) is 4.84. The van der Waals surface area contributed by atoms with Gasteiger partial charge in [0.2, 0.25) is 23.4 Å². The number of para-hydroxylation sites is 1. The van der Waals surface area contributed by atoms with Gasteiger partial charge in [0.1, 0.15) is 12.6 Å². The number of carbonyl (C=O) groups excluding carboxylic acids is 5. The van der Waals surface area contributed by atoms with Gasteiger partial charge in [0.15, 0.2) is 23.2 Å². The van der Waals surface area contributed by atoms with Gasteiger partial charge < -0.3 is 26.0 Å². The molecule has 3 atom stereocenters. The van der Waals surface area contributed by atoms with Crippen LogP contribution in [0.1, 0.15) is 58.4 Å². The molecule has 244 valence electrons. The van der Waals surface area contributed by atoms with E-state index >= 15 is 0 Å². The fourth-order valence-electron chi connectivity index (χ4n) is 4.84. The first kappa shape index (κ1) is 35.0. The minimum Gasteiger partial charge on any atom is -0.479 e. The largest absolute Gasteiger partial charge is 0.479 e. The van der Waals surface area contributed by atoms with Gasteiger partial charge in [0.05, 0.1) is 6.04 Å². The summed E-state index contributed by atoms with van der Waals surface area (Å²) in [6, 6.07) is 4.12. The maximum atomic E-state index is 14.1. The van der Waals surface area contributed by atoms with Crippen molar-refractivity contribution in [2.45, 2.75) is 65.0 Å². The molecule has 45 heavy (non-hydrogen) atoms. The number of amides is 4. The second-order valence-corrected chi connectivity index (χ2v) is 11.5. The van der Waals surface area contributed by atoms with E-state index in [1.807, 2.05) is 13.8 Å². The molecule has 1 saturated heterocycles. The maximum absolute atomic E-state index is 14.1. The molecule has 1 fully saturated rings. The third-order valence-corrected chi connectivity index (χ3v) is 7.18. The molecule has 0 saturated carbocycles. The Morgan fingerprint density at radius 3 is 2.16 bits per heavy atom. The van der Waals surface area contributed by atoms with Crippen molar-refractivity contribution in [3.63, 3.8) is 0 Å². The first-order valence-electron chi connectivity index (χ1n) is 14.5. The Bertz CT molecular complexity index is 1430. The second kappa shape index (κ2) is 15.5. The lowest BCUT2D eigenvalue weighted by atomic mass is 9.95. The van der Waals surface area contributed by atoms with Crippen LogP contribution in [0, 0.1) is 35.1 Å². The molecule has 3 rings (SSSR count). The predicted molar refractivity (Wildman–Crippen MR) is 155 cm³/mol. The van der Waals surface area contributed by atoms with Gasteiger partial charge in [-0.15, -0.1) is 0 Å². The predicted octanol–water partition coefficient (Wildman–Crippen LogP) is 3.49. The van der Waals surface area contributed by atoms with E-state index in [2.05, 4.69) is 21.3 Å². The van der Waals surface area contributed by atoms with Crippen molar-refractivity contribution in [3.8, 4) is 5.75 Å². The molecule has 0 aliphatic carbocycles. The molecule has 0 radical (unpaired) electrons. The summed E-state index contributed by atoms with van der Waals surface area (Å²) in [6.07, 6.45) is 0.132. The van der Waals surface area contributed by atoms with Crippen LogP contribution in [0.3, 0.4) is 0 Å². The number of hydrogen-bond acceptors (Lipinski definition) is 6. The zero-order chi connectivity index (χ0) is 33.4. The molecule has 10 nitrogen and oxygen atoms in total. The van der Waals surface area contributed by atoms with Crippen molar-refractivity contribution in [2.75, 3.05) is 18.5 Å². The normalized spacial score (nSPS) is 15.8. The van der Waals surface area contributed by atoms with Crippen LogP contribution in [-0.2, 0) is 24.0 Å². The number of carbonyl (C=O) groups is 5. The zero-order valence-corrected chi connectivity index (χ0v) is 25.3. The van der Waals surface area contributed by atoms with Crippen LogP contribution >= 0.6 is 0 Å². The summed E-state index contributed by atoms with van der Waals surface area (Å²) < 4.78 is 60.2. The van der Waals surface area contributed by atoms with E-state index in [9.17, 15) is 41.5 Å². The van der Waals surface area contributed by atoms with E-state index in [-0.39, 0.29) is 30.7 Å². The van der Waals surface area contributed by atoms with Crippen molar-refractivity contribution >= 4 is 35.1 Å². The van der Waals surface area contributed by atoms with Crippen LogP contribution in [0.2, 0.25) is 0 Å². The third-order valence-electron chi connectivity index (χ3n) is 7.18. The fraction of sp³-hybridized carbons (Fsp3) is 0.452. The number of hydrogen-bond donors (Lipinski definition) is 4. The number of nitrogens with one attached hydrogen (secondary N) is 4. The molecule has 2 aromatic carbocycles. The number of ketones is 1. The van der Waals surface area contributed by atoms with E-state index < -0.39 is 83.0 Å². The first-order chi connectivity index (χ1) is 21.2. The van der Waals surface area contributed by atoms with Crippen molar-refractivity contribution in [1.29, 1.82) is 0 Å². The summed E-state index contributed by atoms with van der Waals surface area (Å²) in [5, 5.41) is 9.96. The van der Waals surface area contributed by atoms with Crippen LogP contribution in [0.5, 0.6) is 5.75 Å². The quantitative estimate of drug-likeness (QED) is 0.151. The van der Waals surface area contributed by atoms with Crippen LogP contribution in [0.4, 0.5) is 23.2 Å². The lowest BCUT2D eigenvalue weighted by molar-refractivity contribution is -0.138. The van der Waals surface area contributed by atoms with E-state index in [1.54, 1.807) is 38.1 Å². The maximum Gasteiger partial charge on any atom is 0.313 e. The van der Waals surface area contributed by atoms with Crippen LogP contribution in [-0.4, -0.2) is 54.6 Å². The highest BCUT2D eigenvalue weighted by Gasteiger charge is 2.34. The molecule has 4 N–H and O–H groups in total. The van der Waals surface area contributed by atoms with Gasteiger partial charge in [-0.3, -0.25) is 24.0 Å². The van der Waals surface area contributed by atoms with Crippen molar-refractivity contribution in [1.82, 2.24) is 16.0 Å². The monoisotopic (exact) mass is 636 g/mol. The topological polar surface area (TPSA) is 143 Å². The molecule has 1 unspecified atom stereocenters. The smallest absolute Gasteiger partial charge is 0.313 e. The zero-order valence-electron chi connectivity index (χ0n) is 25.3. The molecular formula is C31H36F4N4O6. The standard InChI is InChI=1S/C31H36F4N4O6/c1-15(2)11-23(39-31(44)30(43)37-21-8-6-5-7-18(21)16(3)4)29(42)38-22(12-17-9-10-36-28(17)41)24(40)14-45-27-25(34)19(32)13-20(33)26(27)35/h5-8,13,15-17,22-23H,9-12,14H2,1-4H3,(H,36,41)(H,37,43)(H,38,42)(H,39,44)/t17-,22?,23-/m0/s1. The number of Topliss-reactive ketones (excluding diaryl/α,β-unsaturated/α-hetero) is 1. The number of ether oxygens (including phenoxy) is 1. The summed E-state index contributed by atoms with van der Waals surface area (Å²) in [5.41, 5.74) is 1.21. The molecule has 0 aromatic heterocycles.